The molecule has 5 heteroatoms. The highest BCUT2D eigenvalue weighted by Crippen LogP contribution is 2.12. The van der Waals surface area contributed by atoms with Crippen molar-refractivity contribution in [2.75, 3.05) is 12.3 Å². The minimum absolute atomic E-state index is 0.0554. The number of benzene rings is 1. The van der Waals surface area contributed by atoms with Crippen molar-refractivity contribution < 1.29 is 4.79 Å². The Hall–Kier alpha value is -1.88. The fourth-order valence-corrected chi connectivity index (χ4v) is 2.40. The molecule has 1 heterocycles. The Kier molecular flexibility index (Phi) is 4.92. The fourth-order valence-electron chi connectivity index (χ4n) is 1.78. The number of nitrogens with two attached hydrogens (primary N) is 1. The quantitative estimate of drug-likeness (QED) is 0.792. The second-order valence-electron chi connectivity index (χ2n) is 4.22. The molecule has 0 fully saturated rings. The van der Waals surface area contributed by atoms with Crippen LogP contribution in [0.3, 0.4) is 0 Å². The van der Waals surface area contributed by atoms with E-state index in [0.29, 0.717) is 19.4 Å². The SMILES string of the molecule is Nc1ccccc1CCC(=O)NCCc1nccs1. The zero-order valence-electron chi connectivity index (χ0n) is 10.6. The minimum atomic E-state index is 0.0554. The summed E-state index contributed by atoms with van der Waals surface area (Å²) in [5, 5.41) is 5.89. The Morgan fingerprint density at radius 1 is 1.32 bits per heavy atom. The monoisotopic (exact) mass is 275 g/mol. The van der Waals surface area contributed by atoms with Crippen molar-refractivity contribution in [2.45, 2.75) is 19.3 Å². The number of aryl methyl sites for hydroxylation is 1. The molecule has 0 spiro atoms. The van der Waals surface area contributed by atoms with E-state index in [-0.39, 0.29) is 5.91 Å². The maximum atomic E-state index is 11.7. The third-order valence-electron chi connectivity index (χ3n) is 2.82. The lowest BCUT2D eigenvalue weighted by Crippen LogP contribution is -2.25. The molecule has 3 N–H and O–H groups in total. The van der Waals surface area contributed by atoms with E-state index in [1.807, 2.05) is 29.6 Å². The van der Waals surface area contributed by atoms with Gasteiger partial charge in [-0.1, -0.05) is 18.2 Å². The van der Waals surface area contributed by atoms with Crippen LogP contribution in [0.1, 0.15) is 17.0 Å². The Labute approximate surface area is 116 Å². The molecule has 1 amide bonds. The van der Waals surface area contributed by atoms with Gasteiger partial charge in [-0.2, -0.15) is 0 Å². The smallest absolute Gasteiger partial charge is 0.220 e. The summed E-state index contributed by atoms with van der Waals surface area (Å²) >= 11 is 1.61. The van der Waals surface area contributed by atoms with Crippen molar-refractivity contribution in [3.05, 3.63) is 46.4 Å². The molecule has 100 valence electrons. The number of nitrogens with zero attached hydrogens (tertiary/aromatic N) is 1. The molecule has 0 radical (unpaired) electrons. The van der Waals surface area contributed by atoms with Gasteiger partial charge in [-0.3, -0.25) is 4.79 Å². The van der Waals surface area contributed by atoms with Gasteiger partial charge in [0, 0.05) is 36.7 Å². The van der Waals surface area contributed by atoms with Crippen molar-refractivity contribution in [1.29, 1.82) is 0 Å². The largest absolute Gasteiger partial charge is 0.399 e. The van der Waals surface area contributed by atoms with Gasteiger partial charge < -0.3 is 11.1 Å². The van der Waals surface area contributed by atoms with Crippen LogP contribution in [-0.4, -0.2) is 17.4 Å². The van der Waals surface area contributed by atoms with Gasteiger partial charge in [0.05, 0.1) is 5.01 Å². The van der Waals surface area contributed by atoms with Crippen LogP contribution in [0.15, 0.2) is 35.8 Å². The molecular formula is C14H17N3OS. The predicted molar refractivity (Wildman–Crippen MR) is 78.0 cm³/mol. The first-order valence-corrected chi connectivity index (χ1v) is 7.12. The van der Waals surface area contributed by atoms with Gasteiger partial charge in [0.15, 0.2) is 0 Å². The van der Waals surface area contributed by atoms with Gasteiger partial charge in [-0.05, 0) is 18.1 Å². The van der Waals surface area contributed by atoms with Crippen LogP contribution in [0.4, 0.5) is 5.69 Å². The molecule has 4 nitrogen and oxygen atoms in total. The van der Waals surface area contributed by atoms with Crippen molar-refractivity contribution in [3.63, 3.8) is 0 Å². The van der Waals surface area contributed by atoms with Crippen LogP contribution in [0.2, 0.25) is 0 Å². The van der Waals surface area contributed by atoms with E-state index in [1.165, 1.54) is 0 Å². The molecular weight excluding hydrogens is 258 g/mol. The predicted octanol–water partition coefficient (Wildman–Crippen LogP) is 2.02. The number of thiazole rings is 1. The number of carbonyl (C=O) groups excluding carboxylic acids is 1. The molecule has 0 unspecified atom stereocenters. The Morgan fingerprint density at radius 2 is 2.16 bits per heavy atom. The molecule has 0 aliphatic heterocycles. The van der Waals surface area contributed by atoms with Crippen molar-refractivity contribution in [1.82, 2.24) is 10.3 Å². The summed E-state index contributed by atoms with van der Waals surface area (Å²) in [4.78, 5) is 15.9. The number of nitrogen functional groups attached to an aromatic ring is 1. The van der Waals surface area contributed by atoms with Crippen LogP contribution in [0.5, 0.6) is 0 Å². The first kappa shape index (κ1) is 13.5. The molecule has 0 aliphatic carbocycles. The van der Waals surface area contributed by atoms with Crippen molar-refractivity contribution in [3.8, 4) is 0 Å². The second kappa shape index (κ2) is 6.89. The number of aromatic nitrogens is 1. The maximum absolute atomic E-state index is 11.7. The number of rotatable bonds is 6. The number of amides is 1. The Bertz CT molecular complexity index is 525. The zero-order valence-corrected chi connectivity index (χ0v) is 11.5. The third kappa shape index (κ3) is 4.37. The molecule has 2 rings (SSSR count). The van der Waals surface area contributed by atoms with Crippen LogP contribution in [0, 0.1) is 0 Å². The summed E-state index contributed by atoms with van der Waals surface area (Å²) in [5.41, 5.74) is 7.61. The lowest BCUT2D eigenvalue weighted by Gasteiger charge is -2.06. The molecule has 0 atom stereocenters. The van der Waals surface area contributed by atoms with Crippen LogP contribution in [0.25, 0.3) is 0 Å². The molecule has 1 aromatic heterocycles. The number of anilines is 1. The minimum Gasteiger partial charge on any atom is -0.399 e. The number of carbonyl (C=O) groups is 1. The molecule has 0 bridgehead atoms. The number of nitrogens with one attached hydrogen (secondary N) is 1. The third-order valence-corrected chi connectivity index (χ3v) is 3.66. The zero-order chi connectivity index (χ0) is 13.5. The highest BCUT2D eigenvalue weighted by Gasteiger charge is 2.04. The van der Waals surface area contributed by atoms with Crippen LogP contribution < -0.4 is 11.1 Å². The van der Waals surface area contributed by atoms with E-state index >= 15 is 0 Å². The Morgan fingerprint density at radius 3 is 2.89 bits per heavy atom. The molecule has 0 saturated carbocycles. The van der Waals surface area contributed by atoms with E-state index in [9.17, 15) is 4.79 Å². The summed E-state index contributed by atoms with van der Waals surface area (Å²) < 4.78 is 0. The standard InChI is InChI=1S/C14H17N3OS/c15-12-4-2-1-3-11(12)5-6-13(18)16-8-7-14-17-9-10-19-14/h1-4,9-10H,5-8,15H2,(H,16,18). The van der Waals surface area contributed by atoms with E-state index in [2.05, 4.69) is 10.3 Å². The van der Waals surface area contributed by atoms with E-state index in [1.54, 1.807) is 17.5 Å². The van der Waals surface area contributed by atoms with Crippen molar-refractivity contribution >= 4 is 22.9 Å². The van der Waals surface area contributed by atoms with Crippen molar-refractivity contribution in [2.24, 2.45) is 0 Å². The lowest BCUT2D eigenvalue weighted by atomic mass is 10.1. The molecule has 0 aliphatic rings. The number of hydrogen-bond donors (Lipinski definition) is 2. The fraction of sp³-hybridized carbons (Fsp3) is 0.286. The van der Waals surface area contributed by atoms with Gasteiger partial charge in [0.1, 0.15) is 0 Å². The summed E-state index contributed by atoms with van der Waals surface area (Å²) in [6.07, 6.45) is 3.71. The van der Waals surface area contributed by atoms with Crippen LogP contribution in [-0.2, 0) is 17.6 Å². The van der Waals surface area contributed by atoms with Gasteiger partial charge >= 0.3 is 0 Å². The Balaban J connectivity index is 1.69. The summed E-state index contributed by atoms with van der Waals surface area (Å²) in [6, 6.07) is 7.65. The summed E-state index contributed by atoms with van der Waals surface area (Å²) in [6.45, 7) is 0.636. The lowest BCUT2D eigenvalue weighted by molar-refractivity contribution is -0.121. The van der Waals surface area contributed by atoms with E-state index < -0.39 is 0 Å². The van der Waals surface area contributed by atoms with Gasteiger partial charge in [-0.15, -0.1) is 11.3 Å². The number of hydrogen-bond acceptors (Lipinski definition) is 4. The first-order chi connectivity index (χ1) is 9.25. The maximum Gasteiger partial charge on any atom is 0.220 e. The highest BCUT2D eigenvalue weighted by atomic mass is 32.1. The van der Waals surface area contributed by atoms with Gasteiger partial charge in [0.25, 0.3) is 0 Å². The normalized spacial score (nSPS) is 10.3. The average molecular weight is 275 g/mol. The van der Waals surface area contributed by atoms with E-state index in [4.69, 9.17) is 5.73 Å². The molecule has 19 heavy (non-hydrogen) atoms. The van der Waals surface area contributed by atoms with E-state index in [0.717, 1.165) is 22.7 Å². The van der Waals surface area contributed by atoms with Gasteiger partial charge in [-0.25, -0.2) is 4.98 Å². The van der Waals surface area contributed by atoms with Crippen LogP contribution >= 0.6 is 11.3 Å². The van der Waals surface area contributed by atoms with Gasteiger partial charge in [0.2, 0.25) is 5.91 Å². The molecule has 0 saturated heterocycles. The molecule has 2 aromatic rings. The topological polar surface area (TPSA) is 68.0 Å². The summed E-state index contributed by atoms with van der Waals surface area (Å²) in [5.74, 6) is 0.0554. The number of para-hydroxylation sites is 1. The molecule has 1 aromatic carbocycles. The average Bonchev–Trinajstić information content (AvgIpc) is 2.91. The summed E-state index contributed by atoms with van der Waals surface area (Å²) in [7, 11) is 0. The first-order valence-electron chi connectivity index (χ1n) is 6.24. The highest BCUT2D eigenvalue weighted by molar-refractivity contribution is 7.09. The second-order valence-corrected chi connectivity index (χ2v) is 5.20.